The number of hydrogen-bond donors (Lipinski definition) is 1. The van der Waals surface area contributed by atoms with Gasteiger partial charge in [-0.1, -0.05) is 53.5 Å². The summed E-state index contributed by atoms with van der Waals surface area (Å²) in [6.07, 6.45) is 1.26. The van der Waals surface area contributed by atoms with Crippen molar-refractivity contribution >= 4 is 51.5 Å². The lowest BCUT2D eigenvalue weighted by Gasteiger charge is -2.31. The highest BCUT2D eigenvalue weighted by atomic mass is 35.5. The smallest absolute Gasteiger partial charge is 0.253 e. The van der Waals surface area contributed by atoms with Crippen molar-refractivity contribution in [3.63, 3.8) is 0 Å². The maximum absolute atomic E-state index is 12.9. The number of halogens is 2. The zero-order valence-electron chi connectivity index (χ0n) is 15.7. The van der Waals surface area contributed by atoms with Crippen LogP contribution < -0.4 is 5.32 Å². The molecule has 1 N–H and O–H groups in total. The van der Waals surface area contributed by atoms with E-state index in [-0.39, 0.29) is 17.7 Å². The minimum atomic E-state index is -0.134. The van der Waals surface area contributed by atoms with Crippen LogP contribution >= 0.6 is 23.2 Å². The molecule has 3 aromatic rings. The molecule has 0 unspecified atom stereocenters. The zero-order chi connectivity index (χ0) is 20.4. The van der Waals surface area contributed by atoms with Gasteiger partial charge in [0.1, 0.15) is 0 Å². The van der Waals surface area contributed by atoms with Crippen LogP contribution in [0.4, 0.5) is 5.69 Å². The van der Waals surface area contributed by atoms with Crippen molar-refractivity contribution in [2.45, 2.75) is 12.8 Å². The second-order valence-electron chi connectivity index (χ2n) is 7.25. The van der Waals surface area contributed by atoms with E-state index in [1.165, 1.54) is 0 Å². The largest absolute Gasteiger partial charge is 0.339 e. The van der Waals surface area contributed by atoms with Crippen LogP contribution in [0.2, 0.25) is 10.0 Å². The van der Waals surface area contributed by atoms with Gasteiger partial charge < -0.3 is 10.2 Å². The zero-order valence-corrected chi connectivity index (χ0v) is 17.2. The quantitative estimate of drug-likeness (QED) is 0.588. The number of likely N-dealkylation sites (tertiary alicyclic amines) is 1. The molecule has 0 aliphatic carbocycles. The van der Waals surface area contributed by atoms with Crippen LogP contribution in [0, 0.1) is 5.92 Å². The summed E-state index contributed by atoms with van der Waals surface area (Å²) in [5.74, 6) is -0.176. The second-order valence-corrected chi connectivity index (χ2v) is 8.06. The molecule has 0 aromatic heterocycles. The minimum absolute atomic E-state index is 0.0131. The normalized spacial score (nSPS) is 14.8. The van der Waals surface area contributed by atoms with E-state index in [2.05, 4.69) is 5.32 Å². The van der Waals surface area contributed by atoms with E-state index in [0.29, 0.717) is 47.2 Å². The Kier molecular flexibility index (Phi) is 5.74. The fourth-order valence-corrected chi connectivity index (χ4v) is 3.97. The highest BCUT2D eigenvalue weighted by molar-refractivity contribution is 6.42. The fourth-order valence-electron chi connectivity index (χ4n) is 3.67. The molecule has 1 aliphatic rings. The minimum Gasteiger partial charge on any atom is -0.339 e. The topological polar surface area (TPSA) is 49.4 Å². The van der Waals surface area contributed by atoms with Crippen molar-refractivity contribution in [1.82, 2.24) is 4.90 Å². The van der Waals surface area contributed by atoms with Gasteiger partial charge >= 0.3 is 0 Å². The van der Waals surface area contributed by atoms with Crippen LogP contribution in [-0.4, -0.2) is 29.8 Å². The Balaban J connectivity index is 1.37. The van der Waals surface area contributed by atoms with Crippen molar-refractivity contribution in [1.29, 1.82) is 0 Å². The number of rotatable bonds is 3. The first kappa shape index (κ1) is 19.7. The van der Waals surface area contributed by atoms with E-state index in [1.54, 1.807) is 18.2 Å². The predicted octanol–water partition coefficient (Wildman–Crippen LogP) is 5.64. The molecule has 0 spiro atoms. The summed E-state index contributed by atoms with van der Waals surface area (Å²) >= 11 is 11.9. The lowest BCUT2D eigenvalue weighted by atomic mass is 9.95. The molecular weight excluding hydrogens is 407 g/mol. The number of benzene rings is 3. The standard InChI is InChI=1S/C23H20Cl2N2O2/c24-20-8-7-19(14-21(20)25)26-22(28)16-9-11-27(12-10-16)23(29)18-6-5-15-3-1-2-4-17(15)13-18/h1-8,13-14,16H,9-12H2,(H,26,28). The lowest BCUT2D eigenvalue weighted by Crippen LogP contribution is -2.41. The fraction of sp³-hybridized carbons (Fsp3) is 0.217. The SMILES string of the molecule is O=C(Nc1ccc(Cl)c(Cl)c1)C1CCN(C(=O)c2ccc3ccccc3c2)CC1. The predicted molar refractivity (Wildman–Crippen MR) is 118 cm³/mol. The first-order chi connectivity index (χ1) is 14.0. The van der Waals surface area contributed by atoms with Gasteiger partial charge in [0.05, 0.1) is 10.0 Å². The van der Waals surface area contributed by atoms with Crippen molar-refractivity contribution < 1.29 is 9.59 Å². The molecule has 148 valence electrons. The van der Waals surface area contributed by atoms with Crippen LogP contribution in [-0.2, 0) is 4.79 Å². The van der Waals surface area contributed by atoms with Crippen molar-refractivity contribution in [3.05, 3.63) is 76.3 Å². The third kappa shape index (κ3) is 4.39. The molecule has 2 amide bonds. The summed E-state index contributed by atoms with van der Waals surface area (Å²) in [7, 11) is 0. The number of anilines is 1. The Labute approximate surface area is 179 Å². The molecule has 1 fully saturated rings. The number of carbonyl (C=O) groups is 2. The maximum atomic E-state index is 12.9. The van der Waals surface area contributed by atoms with E-state index < -0.39 is 0 Å². The Bertz CT molecular complexity index is 1080. The van der Waals surface area contributed by atoms with Crippen LogP contribution in [0.25, 0.3) is 10.8 Å². The molecule has 6 heteroatoms. The second kappa shape index (κ2) is 8.44. The first-order valence-corrected chi connectivity index (χ1v) is 10.3. The van der Waals surface area contributed by atoms with Gasteiger partial charge in [-0.25, -0.2) is 0 Å². The number of piperidine rings is 1. The average Bonchev–Trinajstić information content (AvgIpc) is 2.75. The average molecular weight is 427 g/mol. The number of nitrogens with zero attached hydrogens (tertiary/aromatic N) is 1. The highest BCUT2D eigenvalue weighted by Crippen LogP contribution is 2.27. The number of nitrogens with one attached hydrogen (secondary N) is 1. The highest BCUT2D eigenvalue weighted by Gasteiger charge is 2.28. The van der Waals surface area contributed by atoms with E-state index in [9.17, 15) is 9.59 Å². The molecule has 4 nitrogen and oxygen atoms in total. The summed E-state index contributed by atoms with van der Waals surface area (Å²) in [4.78, 5) is 27.3. The number of fused-ring (bicyclic) bond motifs is 1. The Hall–Kier alpha value is -2.56. The molecular formula is C23H20Cl2N2O2. The van der Waals surface area contributed by atoms with Crippen LogP contribution in [0.5, 0.6) is 0 Å². The van der Waals surface area contributed by atoms with Crippen molar-refractivity contribution in [2.24, 2.45) is 5.92 Å². The van der Waals surface area contributed by atoms with Gasteiger partial charge in [-0.05, 0) is 53.9 Å². The van der Waals surface area contributed by atoms with E-state index >= 15 is 0 Å². The molecule has 1 heterocycles. The molecule has 0 atom stereocenters. The van der Waals surface area contributed by atoms with Crippen LogP contribution in [0.3, 0.4) is 0 Å². The van der Waals surface area contributed by atoms with Crippen LogP contribution in [0.1, 0.15) is 23.2 Å². The third-order valence-electron chi connectivity index (χ3n) is 5.34. The Morgan fingerprint density at radius 2 is 1.59 bits per heavy atom. The van der Waals surface area contributed by atoms with Gasteiger partial charge in [0.25, 0.3) is 5.91 Å². The Morgan fingerprint density at radius 3 is 2.31 bits per heavy atom. The summed E-state index contributed by atoms with van der Waals surface area (Å²) in [5.41, 5.74) is 1.31. The summed E-state index contributed by atoms with van der Waals surface area (Å²) < 4.78 is 0. The van der Waals surface area contributed by atoms with E-state index in [0.717, 1.165) is 10.8 Å². The monoisotopic (exact) mass is 426 g/mol. The van der Waals surface area contributed by atoms with Gasteiger partial charge in [-0.15, -0.1) is 0 Å². The summed E-state index contributed by atoms with van der Waals surface area (Å²) in [5, 5.41) is 5.91. The van der Waals surface area contributed by atoms with E-state index in [4.69, 9.17) is 23.2 Å². The number of amides is 2. The van der Waals surface area contributed by atoms with Gasteiger partial charge in [0, 0.05) is 30.3 Å². The molecule has 1 saturated heterocycles. The molecule has 0 saturated carbocycles. The summed E-state index contributed by atoms with van der Waals surface area (Å²) in [6, 6.07) is 18.8. The van der Waals surface area contributed by atoms with Gasteiger partial charge in [-0.3, -0.25) is 9.59 Å². The first-order valence-electron chi connectivity index (χ1n) is 9.55. The van der Waals surface area contributed by atoms with Gasteiger partial charge in [0.2, 0.25) is 5.91 Å². The summed E-state index contributed by atoms with van der Waals surface area (Å²) in [6.45, 7) is 1.12. The van der Waals surface area contributed by atoms with Gasteiger partial charge in [-0.2, -0.15) is 0 Å². The van der Waals surface area contributed by atoms with E-state index in [1.807, 2.05) is 47.4 Å². The lowest BCUT2D eigenvalue weighted by molar-refractivity contribution is -0.121. The van der Waals surface area contributed by atoms with Crippen LogP contribution in [0.15, 0.2) is 60.7 Å². The number of carbonyl (C=O) groups excluding carboxylic acids is 2. The van der Waals surface area contributed by atoms with Crippen molar-refractivity contribution in [2.75, 3.05) is 18.4 Å². The van der Waals surface area contributed by atoms with Crippen molar-refractivity contribution in [3.8, 4) is 0 Å². The molecule has 4 rings (SSSR count). The molecule has 0 radical (unpaired) electrons. The van der Waals surface area contributed by atoms with Gasteiger partial charge in [0.15, 0.2) is 0 Å². The Morgan fingerprint density at radius 1 is 0.862 bits per heavy atom. The maximum Gasteiger partial charge on any atom is 0.253 e. The molecule has 0 bridgehead atoms. The molecule has 3 aromatic carbocycles. The number of hydrogen-bond acceptors (Lipinski definition) is 2. The molecule has 1 aliphatic heterocycles. The third-order valence-corrected chi connectivity index (χ3v) is 6.08. The molecule has 29 heavy (non-hydrogen) atoms.